The highest BCUT2D eigenvalue weighted by Gasteiger charge is 1.98. The summed E-state index contributed by atoms with van der Waals surface area (Å²) in [6.45, 7) is 0. The summed E-state index contributed by atoms with van der Waals surface area (Å²) in [5.74, 6) is 0. The first-order valence-electron chi connectivity index (χ1n) is 2.81. The van der Waals surface area contributed by atoms with Gasteiger partial charge >= 0.3 is 0 Å². The topological polar surface area (TPSA) is 69.5 Å². The van der Waals surface area contributed by atoms with E-state index in [0.29, 0.717) is 5.16 Å². The summed E-state index contributed by atoms with van der Waals surface area (Å²) in [7, 11) is 0. The third-order valence-corrected chi connectivity index (χ3v) is 1.68. The lowest BCUT2D eigenvalue weighted by Crippen LogP contribution is -2.11. The molecule has 0 aromatic carbocycles. The molecule has 1 N–H and O–H groups in total. The van der Waals surface area contributed by atoms with Crippen LogP contribution in [0.3, 0.4) is 0 Å². The quantitative estimate of drug-likeness (QED) is 0.484. The molecule has 0 amide bonds. The molecule has 11 heavy (non-hydrogen) atoms. The van der Waals surface area contributed by atoms with Crippen LogP contribution in [0.15, 0.2) is 16.1 Å². The Morgan fingerprint density at radius 2 is 2.55 bits per heavy atom. The highest BCUT2D eigenvalue weighted by atomic mass is 32.2. The smallest absolute Gasteiger partial charge is 0.269 e. The Hall–Kier alpha value is -1.28. The van der Waals surface area contributed by atoms with Gasteiger partial charge in [0.05, 0.1) is 6.20 Å². The number of aromatic nitrogens is 2. The number of rotatable bonds is 1. The lowest BCUT2D eigenvalue weighted by Gasteiger charge is -1.92. The first kappa shape index (κ1) is 7.82. The van der Waals surface area contributed by atoms with Crippen LogP contribution in [0.25, 0.3) is 0 Å². The molecule has 1 aromatic rings. The summed E-state index contributed by atoms with van der Waals surface area (Å²) in [5, 5.41) is 8.89. The second-order valence-corrected chi connectivity index (χ2v) is 2.54. The van der Waals surface area contributed by atoms with Gasteiger partial charge < -0.3 is 4.98 Å². The van der Waals surface area contributed by atoms with Crippen LogP contribution in [0.1, 0.15) is 5.56 Å². The molecule has 4 nitrogen and oxygen atoms in total. The zero-order valence-corrected chi connectivity index (χ0v) is 6.60. The molecule has 0 saturated heterocycles. The van der Waals surface area contributed by atoms with Crippen molar-refractivity contribution in [1.82, 2.24) is 9.97 Å². The summed E-state index contributed by atoms with van der Waals surface area (Å²) in [6.07, 6.45) is 3.06. The van der Waals surface area contributed by atoms with E-state index in [0.717, 1.165) is 0 Å². The number of nitriles is 1. The van der Waals surface area contributed by atoms with Crippen LogP contribution in [0.5, 0.6) is 0 Å². The minimum absolute atomic E-state index is 0.0443. The molecule has 0 spiro atoms. The van der Waals surface area contributed by atoms with Gasteiger partial charge in [-0.3, -0.25) is 4.79 Å². The maximum Gasteiger partial charge on any atom is 0.269 e. The minimum Gasteiger partial charge on any atom is -0.300 e. The van der Waals surface area contributed by atoms with Crippen LogP contribution in [0.4, 0.5) is 0 Å². The zero-order valence-electron chi connectivity index (χ0n) is 5.79. The van der Waals surface area contributed by atoms with Gasteiger partial charge in [-0.1, -0.05) is 11.8 Å². The maximum atomic E-state index is 10.9. The monoisotopic (exact) mass is 167 g/mol. The van der Waals surface area contributed by atoms with E-state index in [1.54, 1.807) is 12.3 Å². The van der Waals surface area contributed by atoms with Gasteiger partial charge in [-0.05, 0) is 6.26 Å². The predicted octanol–water partition coefficient (Wildman–Crippen LogP) is 0.363. The maximum absolute atomic E-state index is 10.9. The van der Waals surface area contributed by atoms with E-state index in [4.69, 9.17) is 5.26 Å². The van der Waals surface area contributed by atoms with Crippen molar-refractivity contribution >= 4 is 11.8 Å². The molecule has 1 aromatic heterocycles. The van der Waals surface area contributed by atoms with Crippen molar-refractivity contribution in [2.24, 2.45) is 0 Å². The van der Waals surface area contributed by atoms with Crippen LogP contribution in [0.2, 0.25) is 0 Å². The van der Waals surface area contributed by atoms with Crippen molar-refractivity contribution in [3.63, 3.8) is 0 Å². The number of thioether (sulfide) groups is 1. The SMILES string of the molecule is CSc1ncc(C#N)c(=O)[nH]1. The zero-order chi connectivity index (χ0) is 8.27. The Morgan fingerprint density at radius 3 is 3.00 bits per heavy atom. The van der Waals surface area contributed by atoms with Crippen molar-refractivity contribution in [3.8, 4) is 6.07 Å². The molecule has 5 heteroatoms. The molecule has 1 rings (SSSR count). The molecule has 0 aliphatic heterocycles. The van der Waals surface area contributed by atoms with Crippen molar-refractivity contribution < 1.29 is 0 Å². The van der Waals surface area contributed by atoms with Crippen molar-refractivity contribution in [2.45, 2.75) is 5.16 Å². The third-order valence-electron chi connectivity index (χ3n) is 1.09. The van der Waals surface area contributed by atoms with E-state index in [2.05, 4.69) is 9.97 Å². The Balaban J connectivity index is 3.23. The van der Waals surface area contributed by atoms with E-state index in [9.17, 15) is 4.79 Å². The van der Waals surface area contributed by atoms with Crippen molar-refractivity contribution in [1.29, 1.82) is 5.26 Å². The van der Waals surface area contributed by atoms with Crippen LogP contribution >= 0.6 is 11.8 Å². The first-order chi connectivity index (χ1) is 5.27. The molecule has 0 unspecified atom stereocenters. The summed E-state index contributed by atoms with van der Waals surface area (Å²) in [6, 6.07) is 1.73. The number of aromatic amines is 1. The molecule has 0 aliphatic rings. The highest BCUT2D eigenvalue weighted by Crippen LogP contribution is 2.03. The molecule has 56 valence electrons. The standard InChI is InChI=1S/C6H5N3OS/c1-11-6-8-3-4(2-7)5(10)9-6/h3H,1H3,(H,8,9,10). The van der Waals surface area contributed by atoms with Gasteiger partial charge in [-0.2, -0.15) is 5.26 Å². The molecule has 0 aliphatic carbocycles. The van der Waals surface area contributed by atoms with Gasteiger partial charge in [0.2, 0.25) is 0 Å². The summed E-state index contributed by atoms with van der Waals surface area (Å²) in [5.41, 5.74) is -0.338. The van der Waals surface area contributed by atoms with Crippen molar-refractivity contribution in [2.75, 3.05) is 6.26 Å². The average molecular weight is 167 g/mol. The molecule has 0 saturated carbocycles. The Bertz CT molecular complexity index is 352. The molecular weight excluding hydrogens is 162 g/mol. The fraction of sp³-hybridized carbons (Fsp3) is 0.167. The molecule has 0 radical (unpaired) electrons. The summed E-state index contributed by atoms with van der Waals surface area (Å²) < 4.78 is 0. The van der Waals surface area contributed by atoms with Crippen molar-refractivity contribution in [3.05, 3.63) is 22.1 Å². The lowest BCUT2D eigenvalue weighted by atomic mass is 10.4. The van der Waals surface area contributed by atoms with E-state index in [1.807, 2.05) is 0 Å². The van der Waals surface area contributed by atoms with Gasteiger partial charge in [0.15, 0.2) is 5.16 Å². The largest absolute Gasteiger partial charge is 0.300 e. The molecule has 0 bridgehead atoms. The third kappa shape index (κ3) is 1.59. The second-order valence-electron chi connectivity index (χ2n) is 1.75. The van der Waals surface area contributed by atoms with E-state index in [1.165, 1.54) is 18.0 Å². The number of H-pyrrole nitrogens is 1. The number of hydrogen-bond donors (Lipinski definition) is 1. The van der Waals surface area contributed by atoms with Gasteiger partial charge in [0.25, 0.3) is 5.56 Å². The fourth-order valence-corrected chi connectivity index (χ4v) is 0.915. The number of nitrogens with zero attached hydrogens (tertiary/aromatic N) is 2. The van der Waals surface area contributed by atoms with Gasteiger partial charge in [0.1, 0.15) is 11.6 Å². The highest BCUT2D eigenvalue weighted by molar-refractivity contribution is 7.98. The van der Waals surface area contributed by atoms with E-state index in [-0.39, 0.29) is 11.1 Å². The minimum atomic E-state index is -0.383. The predicted molar refractivity (Wildman–Crippen MR) is 41.4 cm³/mol. The summed E-state index contributed by atoms with van der Waals surface area (Å²) in [4.78, 5) is 17.2. The molecular formula is C6H5N3OS. The Labute approximate surface area is 67.3 Å². The van der Waals surface area contributed by atoms with Crippen LogP contribution < -0.4 is 5.56 Å². The fourth-order valence-electron chi connectivity index (χ4n) is 0.562. The summed E-state index contributed by atoms with van der Waals surface area (Å²) >= 11 is 1.33. The second kappa shape index (κ2) is 3.21. The molecule has 0 fully saturated rings. The van der Waals surface area contributed by atoms with Crippen LogP contribution in [0, 0.1) is 11.3 Å². The Kier molecular flexibility index (Phi) is 2.28. The Morgan fingerprint density at radius 1 is 1.82 bits per heavy atom. The van der Waals surface area contributed by atoms with Gasteiger partial charge in [-0.25, -0.2) is 4.98 Å². The van der Waals surface area contributed by atoms with Crippen LogP contribution in [-0.2, 0) is 0 Å². The number of nitrogens with one attached hydrogen (secondary N) is 1. The van der Waals surface area contributed by atoms with Gasteiger partial charge in [0, 0.05) is 0 Å². The molecule has 0 atom stereocenters. The van der Waals surface area contributed by atoms with Gasteiger partial charge in [-0.15, -0.1) is 0 Å². The van der Waals surface area contributed by atoms with E-state index >= 15 is 0 Å². The normalized spacial score (nSPS) is 9.09. The first-order valence-corrected chi connectivity index (χ1v) is 4.04. The molecule has 1 heterocycles. The van der Waals surface area contributed by atoms with Crippen LogP contribution in [-0.4, -0.2) is 16.2 Å². The number of hydrogen-bond acceptors (Lipinski definition) is 4. The average Bonchev–Trinajstić information content (AvgIpc) is 2.04. The lowest BCUT2D eigenvalue weighted by molar-refractivity contribution is 0.931. The van der Waals surface area contributed by atoms with E-state index < -0.39 is 0 Å².